The number of nitrogens with zero attached hydrogens (tertiary/aromatic N) is 1. The normalized spacial score (nSPS) is 25.7. The van der Waals surface area contributed by atoms with Crippen molar-refractivity contribution in [2.45, 2.75) is 63.5 Å². The molecule has 1 saturated carbocycles. The van der Waals surface area contributed by atoms with Gasteiger partial charge in [-0.1, -0.05) is 18.9 Å². The van der Waals surface area contributed by atoms with Crippen LogP contribution in [0.3, 0.4) is 0 Å². The number of carbonyl (C=O) groups is 2. The van der Waals surface area contributed by atoms with Crippen LogP contribution in [0.2, 0.25) is 0 Å². The van der Waals surface area contributed by atoms with Crippen LogP contribution in [0.4, 0.5) is 8.78 Å². The molecule has 2 aliphatic rings. The summed E-state index contributed by atoms with van der Waals surface area (Å²) >= 11 is 0. The Kier molecular flexibility index (Phi) is 5.35. The number of amides is 1. The molecule has 1 aromatic rings. The molecule has 1 aliphatic heterocycles. The molecule has 1 aliphatic carbocycles. The van der Waals surface area contributed by atoms with Crippen LogP contribution in [-0.2, 0) is 16.0 Å². The van der Waals surface area contributed by atoms with E-state index < -0.39 is 23.6 Å². The number of carboxylic acid groups (broad SMARTS) is 1. The number of fused-ring (bicyclic) bond motifs is 1. The third-order valence-corrected chi connectivity index (χ3v) is 5.50. The summed E-state index contributed by atoms with van der Waals surface area (Å²) in [4.78, 5) is 25.8. The Hall–Kier alpha value is -1.98. The highest BCUT2D eigenvalue weighted by atomic mass is 19.2. The van der Waals surface area contributed by atoms with Crippen LogP contribution in [0, 0.1) is 17.6 Å². The zero-order chi connectivity index (χ0) is 18.0. The first-order valence-electron chi connectivity index (χ1n) is 8.95. The largest absolute Gasteiger partial charge is 0.480 e. The number of rotatable bonds is 5. The SMILES string of the molecule is O=C(O)C1CC2CCCCC2N1C(=O)CCCc1ccc(F)c(F)c1. The predicted octanol–water partition coefficient (Wildman–Crippen LogP) is 3.53. The van der Waals surface area contributed by atoms with Crippen LogP contribution in [0.25, 0.3) is 0 Å². The number of aliphatic carboxylic acids is 1. The van der Waals surface area contributed by atoms with Gasteiger partial charge in [-0.15, -0.1) is 0 Å². The molecule has 1 amide bonds. The van der Waals surface area contributed by atoms with Crippen LogP contribution < -0.4 is 0 Å². The molecule has 2 fully saturated rings. The molecule has 3 rings (SSSR count). The Balaban J connectivity index is 1.60. The first-order valence-corrected chi connectivity index (χ1v) is 8.95. The monoisotopic (exact) mass is 351 g/mol. The molecule has 0 spiro atoms. The Morgan fingerprint density at radius 1 is 1.16 bits per heavy atom. The molecule has 1 saturated heterocycles. The van der Waals surface area contributed by atoms with Crippen molar-refractivity contribution in [1.29, 1.82) is 0 Å². The molecule has 25 heavy (non-hydrogen) atoms. The van der Waals surface area contributed by atoms with Crippen LogP contribution in [-0.4, -0.2) is 34.0 Å². The summed E-state index contributed by atoms with van der Waals surface area (Å²) in [6, 6.07) is 3.07. The average Bonchev–Trinajstić information content (AvgIpc) is 2.98. The Bertz CT molecular complexity index is 664. The summed E-state index contributed by atoms with van der Waals surface area (Å²) in [5.74, 6) is -2.54. The van der Waals surface area contributed by atoms with E-state index in [0.717, 1.165) is 37.8 Å². The molecule has 136 valence electrons. The van der Waals surface area contributed by atoms with E-state index in [2.05, 4.69) is 0 Å². The van der Waals surface area contributed by atoms with Gasteiger partial charge >= 0.3 is 5.97 Å². The second-order valence-corrected chi connectivity index (χ2v) is 7.10. The molecule has 1 heterocycles. The van der Waals surface area contributed by atoms with Gasteiger partial charge in [0.25, 0.3) is 0 Å². The highest BCUT2D eigenvalue weighted by Crippen LogP contribution is 2.40. The highest BCUT2D eigenvalue weighted by molar-refractivity contribution is 5.84. The second kappa shape index (κ2) is 7.50. The lowest BCUT2D eigenvalue weighted by Gasteiger charge is -2.33. The van der Waals surface area contributed by atoms with Gasteiger partial charge in [0.2, 0.25) is 5.91 Å². The number of likely N-dealkylation sites (tertiary alicyclic amines) is 1. The quantitative estimate of drug-likeness (QED) is 0.883. The van der Waals surface area contributed by atoms with Crippen LogP contribution in [0.15, 0.2) is 18.2 Å². The number of benzene rings is 1. The lowest BCUT2D eigenvalue weighted by atomic mass is 9.84. The smallest absolute Gasteiger partial charge is 0.326 e. The summed E-state index contributed by atoms with van der Waals surface area (Å²) in [6.07, 6.45) is 5.74. The maximum atomic E-state index is 13.2. The fourth-order valence-electron chi connectivity index (χ4n) is 4.31. The number of hydrogen-bond acceptors (Lipinski definition) is 2. The van der Waals surface area contributed by atoms with Gasteiger partial charge in [0, 0.05) is 12.5 Å². The van der Waals surface area contributed by atoms with E-state index in [0.29, 0.717) is 30.7 Å². The summed E-state index contributed by atoms with van der Waals surface area (Å²) < 4.78 is 26.2. The molecule has 6 heteroatoms. The molecule has 4 nitrogen and oxygen atoms in total. The minimum absolute atomic E-state index is 0.0469. The van der Waals surface area contributed by atoms with Crippen LogP contribution in [0.5, 0.6) is 0 Å². The summed E-state index contributed by atoms with van der Waals surface area (Å²) in [5, 5.41) is 9.47. The summed E-state index contributed by atoms with van der Waals surface area (Å²) in [6.45, 7) is 0. The third kappa shape index (κ3) is 3.83. The Morgan fingerprint density at radius 3 is 2.64 bits per heavy atom. The van der Waals surface area contributed by atoms with Gasteiger partial charge in [0.1, 0.15) is 6.04 Å². The standard InChI is InChI=1S/C19H23F2NO3/c20-14-9-8-12(10-15(14)21)4-3-7-18(23)22-16-6-2-1-5-13(16)11-17(22)19(24)25/h8-10,13,16-17H,1-7,11H2,(H,24,25). The zero-order valence-corrected chi connectivity index (χ0v) is 14.1. The maximum Gasteiger partial charge on any atom is 0.326 e. The van der Waals surface area contributed by atoms with Crippen molar-refractivity contribution < 1.29 is 23.5 Å². The highest BCUT2D eigenvalue weighted by Gasteiger charge is 2.47. The topological polar surface area (TPSA) is 57.6 Å². The number of carboxylic acids is 1. The van der Waals surface area contributed by atoms with Gasteiger partial charge in [0.15, 0.2) is 11.6 Å². The predicted molar refractivity (Wildman–Crippen MR) is 87.9 cm³/mol. The molecule has 3 unspecified atom stereocenters. The molecule has 3 atom stereocenters. The van der Waals surface area contributed by atoms with Crippen molar-refractivity contribution in [2.24, 2.45) is 5.92 Å². The van der Waals surface area contributed by atoms with E-state index in [1.807, 2.05) is 0 Å². The summed E-state index contributed by atoms with van der Waals surface area (Å²) in [5.41, 5.74) is 0.637. The van der Waals surface area contributed by atoms with Crippen LogP contribution >= 0.6 is 0 Å². The third-order valence-electron chi connectivity index (χ3n) is 5.50. The lowest BCUT2D eigenvalue weighted by Crippen LogP contribution is -2.46. The van der Waals surface area contributed by atoms with Crippen molar-refractivity contribution >= 4 is 11.9 Å². The van der Waals surface area contributed by atoms with Gasteiger partial charge in [-0.2, -0.15) is 0 Å². The summed E-state index contributed by atoms with van der Waals surface area (Å²) in [7, 11) is 0. The molecule has 0 radical (unpaired) electrons. The van der Waals surface area contributed by atoms with E-state index >= 15 is 0 Å². The van der Waals surface area contributed by atoms with Crippen LogP contribution in [0.1, 0.15) is 50.5 Å². The van der Waals surface area contributed by atoms with Gasteiger partial charge in [-0.05, 0) is 55.7 Å². The Labute approximate surface area is 145 Å². The Morgan fingerprint density at radius 2 is 1.92 bits per heavy atom. The van der Waals surface area contributed by atoms with Gasteiger partial charge in [0.05, 0.1) is 0 Å². The first kappa shape index (κ1) is 17.8. The molecule has 0 aromatic heterocycles. The van der Waals surface area contributed by atoms with Crippen molar-refractivity contribution in [3.63, 3.8) is 0 Å². The fraction of sp³-hybridized carbons (Fsp3) is 0.579. The number of aryl methyl sites for hydroxylation is 1. The number of halogens is 2. The first-order chi connectivity index (χ1) is 12.0. The molecule has 1 N–H and O–H groups in total. The minimum Gasteiger partial charge on any atom is -0.480 e. The zero-order valence-electron chi connectivity index (χ0n) is 14.1. The van der Waals surface area contributed by atoms with Crippen molar-refractivity contribution in [1.82, 2.24) is 4.90 Å². The van der Waals surface area contributed by atoms with Gasteiger partial charge < -0.3 is 10.0 Å². The van der Waals surface area contributed by atoms with Gasteiger partial charge in [-0.3, -0.25) is 4.79 Å². The van der Waals surface area contributed by atoms with E-state index in [-0.39, 0.29) is 18.4 Å². The average molecular weight is 351 g/mol. The molecule has 0 bridgehead atoms. The van der Waals surface area contributed by atoms with E-state index in [1.54, 1.807) is 4.90 Å². The number of carbonyl (C=O) groups excluding carboxylic acids is 1. The molecular weight excluding hydrogens is 328 g/mol. The van der Waals surface area contributed by atoms with E-state index in [4.69, 9.17) is 0 Å². The minimum atomic E-state index is -0.927. The van der Waals surface area contributed by atoms with E-state index in [9.17, 15) is 23.5 Å². The van der Waals surface area contributed by atoms with Gasteiger partial charge in [-0.25, -0.2) is 13.6 Å². The molecular formula is C19H23F2NO3. The molecule has 1 aromatic carbocycles. The van der Waals surface area contributed by atoms with E-state index in [1.165, 1.54) is 6.07 Å². The lowest BCUT2D eigenvalue weighted by molar-refractivity contribution is -0.149. The fourth-order valence-corrected chi connectivity index (χ4v) is 4.31. The van der Waals surface area contributed by atoms with Crippen molar-refractivity contribution in [3.05, 3.63) is 35.4 Å². The second-order valence-electron chi connectivity index (χ2n) is 7.10. The van der Waals surface area contributed by atoms with Crippen molar-refractivity contribution in [3.8, 4) is 0 Å². The maximum absolute atomic E-state index is 13.2. The number of hydrogen-bond donors (Lipinski definition) is 1. The van der Waals surface area contributed by atoms with Crippen molar-refractivity contribution in [2.75, 3.05) is 0 Å².